The smallest absolute Gasteiger partial charge is 0.304 e. The monoisotopic (exact) mass is 497 g/mol. The Hall–Kier alpha value is -2.45. The van der Waals surface area contributed by atoms with Crippen LogP contribution in [0.3, 0.4) is 0 Å². The van der Waals surface area contributed by atoms with E-state index >= 15 is 0 Å². The van der Waals surface area contributed by atoms with Crippen molar-refractivity contribution in [1.29, 1.82) is 0 Å². The van der Waals surface area contributed by atoms with Gasteiger partial charge in [0, 0.05) is 34.5 Å². The third kappa shape index (κ3) is 5.28. The van der Waals surface area contributed by atoms with Gasteiger partial charge in [0.05, 0.1) is 13.5 Å². The number of nitrogens with zero attached hydrogens (tertiary/aromatic N) is 1. The molecule has 1 fully saturated rings. The highest BCUT2D eigenvalue weighted by Gasteiger charge is 2.44. The van der Waals surface area contributed by atoms with Crippen LogP contribution in [-0.4, -0.2) is 47.3 Å². The number of hydrogen-bond donors (Lipinski definition) is 2. The molecule has 34 heavy (non-hydrogen) atoms. The van der Waals surface area contributed by atoms with Gasteiger partial charge in [0.2, 0.25) is 0 Å². The Kier molecular flexibility index (Phi) is 7.57. The van der Waals surface area contributed by atoms with E-state index in [1.54, 1.807) is 29.8 Å². The largest absolute Gasteiger partial charge is 0.497 e. The molecule has 0 bridgehead atoms. The fourth-order valence-corrected chi connectivity index (χ4v) is 6.80. The zero-order valence-electron chi connectivity index (χ0n) is 19.8. The summed E-state index contributed by atoms with van der Waals surface area (Å²) in [5, 5.41) is 25.2. The van der Waals surface area contributed by atoms with Crippen molar-refractivity contribution in [3.63, 3.8) is 0 Å². The van der Waals surface area contributed by atoms with Gasteiger partial charge in [-0.1, -0.05) is 18.2 Å². The Morgan fingerprint density at radius 3 is 2.24 bits per heavy atom. The first-order valence-corrected chi connectivity index (χ1v) is 13.2. The first-order chi connectivity index (χ1) is 16.3. The van der Waals surface area contributed by atoms with Gasteiger partial charge < -0.3 is 14.9 Å². The van der Waals surface area contributed by atoms with Crippen molar-refractivity contribution < 1.29 is 19.7 Å². The lowest BCUT2D eigenvalue weighted by molar-refractivity contribution is -0.138. The summed E-state index contributed by atoms with van der Waals surface area (Å²) in [5.74, 6) is -0.108. The van der Waals surface area contributed by atoms with Gasteiger partial charge in [-0.05, 0) is 78.4 Å². The second kappa shape index (κ2) is 10.4. The number of hydrogen-bond acceptors (Lipinski definition) is 6. The predicted molar refractivity (Wildman–Crippen MR) is 139 cm³/mol. The molecule has 2 aromatic heterocycles. The lowest BCUT2D eigenvalue weighted by Gasteiger charge is -2.24. The van der Waals surface area contributed by atoms with E-state index in [9.17, 15) is 15.0 Å². The predicted octanol–water partition coefficient (Wildman–Crippen LogP) is 5.69. The van der Waals surface area contributed by atoms with Crippen molar-refractivity contribution in [3.05, 3.63) is 79.7 Å². The van der Waals surface area contributed by atoms with Gasteiger partial charge >= 0.3 is 5.97 Å². The summed E-state index contributed by atoms with van der Waals surface area (Å²) in [6.45, 7) is 5.38. The van der Waals surface area contributed by atoms with Crippen molar-refractivity contribution in [2.24, 2.45) is 0 Å². The number of rotatable bonds is 9. The Morgan fingerprint density at radius 1 is 1.12 bits per heavy atom. The molecule has 1 aliphatic heterocycles. The number of aliphatic hydroxyl groups is 1. The number of methoxy groups -OCH3 is 1. The molecule has 5 nitrogen and oxygen atoms in total. The molecule has 0 amide bonds. The van der Waals surface area contributed by atoms with E-state index in [0.29, 0.717) is 19.5 Å². The van der Waals surface area contributed by atoms with E-state index in [-0.39, 0.29) is 12.5 Å². The summed E-state index contributed by atoms with van der Waals surface area (Å²) >= 11 is 3.51. The maximum absolute atomic E-state index is 11.6. The summed E-state index contributed by atoms with van der Waals surface area (Å²) < 4.78 is 5.24. The van der Waals surface area contributed by atoms with Gasteiger partial charge in [-0.25, -0.2) is 0 Å². The van der Waals surface area contributed by atoms with E-state index in [2.05, 4.69) is 47.7 Å². The lowest BCUT2D eigenvalue weighted by Crippen LogP contribution is -2.34. The van der Waals surface area contributed by atoms with Crippen LogP contribution in [0, 0.1) is 13.8 Å². The maximum Gasteiger partial charge on any atom is 0.304 e. The van der Waals surface area contributed by atoms with E-state index in [4.69, 9.17) is 4.74 Å². The van der Waals surface area contributed by atoms with Gasteiger partial charge in [-0.15, -0.1) is 22.7 Å². The van der Waals surface area contributed by atoms with Crippen LogP contribution in [0.2, 0.25) is 0 Å². The van der Waals surface area contributed by atoms with Crippen molar-refractivity contribution >= 4 is 34.2 Å². The minimum absolute atomic E-state index is 0.0170. The van der Waals surface area contributed by atoms with Crippen molar-refractivity contribution in [1.82, 2.24) is 4.90 Å². The fourth-order valence-electron chi connectivity index (χ4n) is 4.78. The van der Waals surface area contributed by atoms with E-state index in [1.165, 1.54) is 26.5 Å². The molecule has 0 radical (unpaired) electrons. The Labute approximate surface area is 208 Å². The van der Waals surface area contributed by atoms with Gasteiger partial charge in [0.15, 0.2) is 0 Å². The number of aryl methyl sites for hydroxylation is 2. The van der Waals surface area contributed by atoms with E-state index in [0.717, 1.165) is 17.7 Å². The third-order valence-corrected chi connectivity index (χ3v) is 8.67. The first kappa shape index (κ1) is 24.7. The lowest BCUT2D eigenvalue weighted by atomic mass is 9.90. The molecule has 0 saturated carbocycles. The number of ether oxygens (including phenoxy) is 1. The molecule has 3 aromatic rings. The Morgan fingerprint density at radius 2 is 1.74 bits per heavy atom. The van der Waals surface area contributed by atoms with Crippen LogP contribution in [0.25, 0.3) is 5.57 Å². The maximum atomic E-state index is 11.6. The number of carboxylic acids is 1. The van der Waals surface area contributed by atoms with Crippen LogP contribution in [0.1, 0.15) is 45.7 Å². The van der Waals surface area contributed by atoms with Crippen molar-refractivity contribution in [3.8, 4) is 5.75 Å². The van der Waals surface area contributed by atoms with Crippen LogP contribution in [-0.2, 0) is 10.4 Å². The molecule has 0 spiro atoms. The summed E-state index contributed by atoms with van der Waals surface area (Å²) in [4.78, 5) is 16.3. The third-order valence-electron chi connectivity index (χ3n) is 6.57. The number of thiophene rings is 2. The number of aliphatic carboxylic acids is 1. The van der Waals surface area contributed by atoms with Crippen molar-refractivity contribution in [2.75, 3.05) is 20.2 Å². The van der Waals surface area contributed by atoms with Gasteiger partial charge in [0.1, 0.15) is 11.4 Å². The van der Waals surface area contributed by atoms with Gasteiger partial charge in [-0.3, -0.25) is 9.69 Å². The van der Waals surface area contributed by atoms with Crippen LogP contribution in [0.15, 0.2) is 53.2 Å². The molecule has 4 rings (SSSR count). The average molecular weight is 498 g/mol. The molecule has 2 atom stereocenters. The topological polar surface area (TPSA) is 70.0 Å². The highest BCUT2D eigenvalue weighted by atomic mass is 32.1. The van der Waals surface area contributed by atoms with Gasteiger partial charge in [0.25, 0.3) is 0 Å². The molecule has 1 aliphatic rings. The molecule has 1 aromatic carbocycles. The second-order valence-electron chi connectivity index (χ2n) is 8.96. The second-order valence-corrected chi connectivity index (χ2v) is 10.8. The number of carbonyl (C=O) groups is 1. The summed E-state index contributed by atoms with van der Waals surface area (Å²) in [7, 11) is 1.61. The Bertz CT molecular complexity index is 1120. The minimum Gasteiger partial charge on any atom is -0.497 e. The minimum atomic E-state index is -1.08. The van der Waals surface area contributed by atoms with E-state index < -0.39 is 11.6 Å². The molecule has 7 heteroatoms. The number of benzene rings is 1. The zero-order valence-corrected chi connectivity index (χ0v) is 21.4. The summed E-state index contributed by atoms with van der Waals surface area (Å²) in [6.07, 6.45) is 3.47. The van der Waals surface area contributed by atoms with Crippen molar-refractivity contribution in [2.45, 2.75) is 44.8 Å². The quantitative estimate of drug-likeness (QED) is 0.397. The van der Waals surface area contributed by atoms with Gasteiger partial charge in [-0.2, -0.15) is 0 Å². The van der Waals surface area contributed by atoms with Crippen LogP contribution < -0.4 is 4.74 Å². The standard InChI is InChI=1S/C27H31NO4S2/c1-18-10-13-33-25(18)23(26-19(2)11-14-34-26)5-4-12-28-17-27(31,16-21(28)15-24(29)30)20-6-8-22(32-3)9-7-20/h5-11,13-14,21,31H,4,12,15-17H2,1-3H3,(H,29,30)/t21-,27+/m0/s1. The summed E-state index contributed by atoms with van der Waals surface area (Å²) in [5.41, 5.74) is 3.50. The Balaban J connectivity index is 1.55. The van der Waals surface area contributed by atoms with E-state index in [1.807, 2.05) is 24.3 Å². The number of carboxylic acid groups (broad SMARTS) is 1. The molecule has 2 N–H and O–H groups in total. The van der Waals surface area contributed by atoms with Crippen LogP contribution in [0.4, 0.5) is 0 Å². The highest BCUT2D eigenvalue weighted by Crippen LogP contribution is 2.39. The molecule has 180 valence electrons. The number of likely N-dealkylation sites (tertiary alicyclic amines) is 1. The zero-order chi connectivity index (χ0) is 24.3. The first-order valence-electron chi connectivity index (χ1n) is 11.4. The SMILES string of the molecule is COc1ccc([C@@]2(O)C[C@H](CC(=O)O)N(CCC=C(c3sccc3C)c3sccc3C)C2)cc1. The highest BCUT2D eigenvalue weighted by molar-refractivity contribution is 7.14. The molecule has 1 saturated heterocycles. The number of β-amino-alcohol motifs (C(OH)–C–C–N with tert-alkyl or cyclic N) is 1. The normalized spacial score (nSPS) is 20.4. The molecular weight excluding hydrogens is 466 g/mol. The van der Waals surface area contributed by atoms with Crippen LogP contribution >= 0.6 is 22.7 Å². The fraction of sp³-hybridized carbons (Fsp3) is 0.370. The molecule has 3 heterocycles. The molecule has 0 unspecified atom stereocenters. The summed E-state index contributed by atoms with van der Waals surface area (Å²) in [6, 6.07) is 11.5. The van der Waals surface area contributed by atoms with Crippen LogP contribution in [0.5, 0.6) is 5.75 Å². The molecular formula is C27H31NO4S2. The molecule has 0 aliphatic carbocycles. The average Bonchev–Trinajstić information content (AvgIpc) is 3.51.